The highest BCUT2D eigenvalue weighted by Crippen LogP contribution is 2.30. The van der Waals surface area contributed by atoms with Crippen LogP contribution in [0.2, 0.25) is 0 Å². The number of carbonyl (C=O) groups is 1. The van der Waals surface area contributed by atoms with Gasteiger partial charge in [-0.3, -0.25) is 4.79 Å². The van der Waals surface area contributed by atoms with Crippen molar-refractivity contribution in [1.29, 1.82) is 0 Å². The molecule has 2 rings (SSSR count). The highest BCUT2D eigenvalue weighted by molar-refractivity contribution is 5.81. The molecular formula is C23H31NO4. The Balaban J connectivity index is 2.14. The van der Waals surface area contributed by atoms with Gasteiger partial charge in [-0.25, -0.2) is 0 Å². The van der Waals surface area contributed by atoms with Gasteiger partial charge in [0, 0.05) is 5.56 Å². The van der Waals surface area contributed by atoms with Gasteiger partial charge in [-0.05, 0) is 62.1 Å². The highest BCUT2D eigenvalue weighted by atomic mass is 16.5. The van der Waals surface area contributed by atoms with Gasteiger partial charge in [-0.1, -0.05) is 26.0 Å². The number of nitrogens with one attached hydrogen (secondary N) is 1. The van der Waals surface area contributed by atoms with Crippen molar-refractivity contribution in [3.05, 3.63) is 53.1 Å². The molecule has 5 nitrogen and oxygen atoms in total. The summed E-state index contributed by atoms with van der Waals surface area (Å²) in [6.45, 7) is 9.91. The highest BCUT2D eigenvalue weighted by Gasteiger charge is 2.21. The zero-order chi connectivity index (χ0) is 20.8. The maximum atomic E-state index is 12.7. The van der Waals surface area contributed by atoms with Crippen molar-refractivity contribution >= 4 is 5.91 Å². The summed E-state index contributed by atoms with van der Waals surface area (Å²) >= 11 is 0. The zero-order valence-electron chi connectivity index (χ0n) is 17.8. The minimum absolute atomic E-state index is 0.186. The maximum Gasteiger partial charge on any atom is 0.261 e. The van der Waals surface area contributed by atoms with Crippen LogP contribution in [0.4, 0.5) is 0 Å². The third kappa shape index (κ3) is 5.18. The molecule has 28 heavy (non-hydrogen) atoms. The molecule has 1 amide bonds. The molecule has 0 aliphatic heterocycles. The van der Waals surface area contributed by atoms with E-state index < -0.39 is 6.10 Å². The number of hydrogen-bond donors (Lipinski definition) is 1. The molecule has 0 radical (unpaired) electrons. The lowest BCUT2D eigenvalue weighted by atomic mass is 10.0. The van der Waals surface area contributed by atoms with E-state index in [-0.39, 0.29) is 11.9 Å². The number of methoxy groups -OCH3 is 2. The van der Waals surface area contributed by atoms with Crippen LogP contribution >= 0.6 is 0 Å². The zero-order valence-corrected chi connectivity index (χ0v) is 17.8. The first-order chi connectivity index (χ1) is 13.3. The predicted molar refractivity (Wildman–Crippen MR) is 111 cm³/mol. The Kier molecular flexibility index (Phi) is 7.32. The van der Waals surface area contributed by atoms with Gasteiger partial charge in [0.25, 0.3) is 5.91 Å². The largest absolute Gasteiger partial charge is 0.497 e. The average molecular weight is 386 g/mol. The van der Waals surface area contributed by atoms with E-state index in [9.17, 15) is 4.79 Å². The van der Waals surface area contributed by atoms with Gasteiger partial charge in [-0.2, -0.15) is 0 Å². The molecule has 1 N–H and O–H groups in total. The second kappa shape index (κ2) is 9.49. The smallest absolute Gasteiger partial charge is 0.261 e. The lowest BCUT2D eigenvalue weighted by Gasteiger charge is -2.22. The van der Waals surface area contributed by atoms with E-state index in [1.54, 1.807) is 21.1 Å². The number of hydrogen-bond acceptors (Lipinski definition) is 4. The fourth-order valence-corrected chi connectivity index (χ4v) is 3.05. The molecule has 0 fully saturated rings. The molecule has 0 aliphatic rings. The molecule has 2 aromatic carbocycles. The van der Waals surface area contributed by atoms with Crippen LogP contribution in [0.1, 0.15) is 56.3 Å². The standard InChI is InChI=1S/C23H31NO4/c1-14(2)19-10-8-15(3)12-22(19)28-17(5)23(25)24-16(4)20-13-18(26-6)9-11-21(20)27-7/h8-14,16-17H,1-7H3,(H,24,25)/t16-,17+/m0/s1. The Labute approximate surface area is 168 Å². The third-order valence-electron chi connectivity index (χ3n) is 4.73. The van der Waals surface area contributed by atoms with Crippen LogP contribution in [-0.2, 0) is 4.79 Å². The van der Waals surface area contributed by atoms with Crippen molar-refractivity contribution in [3.8, 4) is 17.2 Å². The molecule has 0 bridgehead atoms. The summed E-state index contributed by atoms with van der Waals surface area (Å²) in [4.78, 5) is 12.7. The Morgan fingerprint density at radius 1 is 0.893 bits per heavy atom. The Morgan fingerprint density at radius 3 is 2.21 bits per heavy atom. The Morgan fingerprint density at radius 2 is 1.61 bits per heavy atom. The number of rotatable bonds is 8. The van der Waals surface area contributed by atoms with Gasteiger partial charge >= 0.3 is 0 Å². The van der Waals surface area contributed by atoms with Gasteiger partial charge in [0.1, 0.15) is 17.2 Å². The number of benzene rings is 2. The average Bonchev–Trinajstić information content (AvgIpc) is 2.66. The first-order valence-electron chi connectivity index (χ1n) is 9.56. The van der Waals surface area contributed by atoms with Crippen molar-refractivity contribution in [2.45, 2.75) is 52.7 Å². The molecular weight excluding hydrogens is 354 g/mol. The summed E-state index contributed by atoms with van der Waals surface area (Å²) in [6.07, 6.45) is -0.627. The minimum Gasteiger partial charge on any atom is -0.497 e. The van der Waals surface area contributed by atoms with Gasteiger partial charge in [0.15, 0.2) is 6.10 Å². The van der Waals surface area contributed by atoms with Crippen molar-refractivity contribution in [2.75, 3.05) is 14.2 Å². The summed E-state index contributed by atoms with van der Waals surface area (Å²) in [5.41, 5.74) is 3.04. The van der Waals surface area contributed by atoms with Crippen molar-refractivity contribution in [2.24, 2.45) is 0 Å². The van der Waals surface area contributed by atoms with Crippen LogP contribution in [0.5, 0.6) is 17.2 Å². The fraction of sp³-hybridized carbons (Fsp3) is 0.435. The van der Waals surface area contributed by atoms with Gasteiger partial charge in [0.2, 0.25) is 0 Å². The van der Waals surface area contributed by atoms with E-state index in [0.717, 1.165) is 22.4 Å². The van der Waals surface area contributed by atoms with Crippen LogP contribution < -0.4 is 19.5 Å². The molecule has 2 atom stereocenters. The van der Waals surface area contributed by atoms with Crippen molar-refractivity contribution < 1.29 is 19.0 Å². The Bertz CT molecular complexity index is 816. The summed E-state index contributed by atoms with van der Waals surface area (Å²) < 4.78 is 16.7. The second-order valence-electron chi connectivity index (χ2n) is 7.29. The molecule has 2 aromatic rings. The monoisotopic (exact) mass is 385 g/mol. The fourth-order valence-electron chi connectivity index (χ4n) is 3.05. The first-order valence-corrected chi connectivity index (χ1v) is 9.56. The normalized spacial score (nSPS) is 13.0. The summed E-state index contributed by atoms with van der Waals surface area (Å²) in [5, 5.41) is 3.01. The van der Waals surface area contributed by atoms with E-state index >= 15 is 0 Å². The third-order valence-corrected chi connectivity index (χ3v) is 4.73. The molecule has 0 saturated carbocycles. The number of carbonyl (C=O) groups excluding carboxylic acids is 1. The molecule has 0 heterocycles. The van der Waals surface area contributed by atoms with Crippen LogP contribution in [0.25, 0.3) is 0 Å². The maximum absolute atomic E-state index is 12.7. The quantitative estimate of drug-likeness (QED) is 0.710. The van der Waals surface area contributed by atoms with Gasteiger partial charge < -0.3 is 19.5 Å². The lowest BCUT2D eigenvalue weighted by molar-refractivity contribution is -0.127. The molecule has 152 valence electrons. The van der Waals surface area contributed by atoms with Crippen LogP contribution in [-0.4, -0.2) is 26.2 Å². The number of amides is 1. The van der Waals surface area contributed by atoms with Crippen molar-refractivity contribution in [3.63, 3.8) is 0 Å². The van der Waals surface area contributed by atoms with E-state index in [0.29, 0.717) is 17.4 Å². The Hall–Kier alpha value is -2.69. The van der Waals surface area contributed by atoms with Gasteiger partial charge in [0.05, 0.1) is 20.3 Å². The second-order valence-corrected chi connectivity index (χ2v) is 7.29. The topological polar surface area (TPSA) is 56.8 Å². The molecule has 0 aromatic heterocycles. The van der Waals surface area contributed by atoms with Crippen LogP contribution in [0, 0.1) is 6.92 Å². The summed E-state index contributed by atoms with van der Waals surface area (Å²) in [7, 11) is 3.22. The predicted octanol–water partition coefficient (Wildman–Crippen LogP) is 4.78. The number of aryl methyl sites for hydroxylation is 1. The van der Waals surface area contributed by atoms with E-state index in [4.69, 9.17) is 14.2 Å². The SMILES string of the molecule is COc1ccc(OC)c([C@H](C)NC(=O)[C@@H](C)Oc2cc(C)ccc2C(C)C)c1. The summed E-state index contributed by atoms with van der Waals surface area (Å²) in [5.74, 6) is 2.29. The van der Waals surface area contributed by atoms with Gasteiger partial charge in [-0.15, -0.1) is 0 Å². The molecule has 0 saturated heterocycles. The van der Waals surface area contributed by atoms with E-state index in [1.165, 1.54) is 0 Å². The van der Waals surface area contributed by atoms with Crippen molar-refractivity contribution in [1.82, 2.24) is 5.32 Å². The first kappa shape index (κ1) is 21.6. The van der Waals surface area contributed by atoms with Crippen LogP contribution in [0.3, 0.4) is 0 Å². The molecule has 0 unspecified atom stereocenters. The number of ether oxygens (including phenoxy) is 3. The van der Waals surface area contributed by atoms with Crippen LogP contribution in [0.15, 0.2) is 36.4 Å². The lowest BCUT2D eigenvalue weighted by Crippen LogP contribution is -2.38. The van der Waals surface area contributed by atoms with E-state index in [1.807, 2.05) is 38.1 Å². The molecule has 0 spiro atoms. The molecule has 5 heteroatoms. The minimum atomic E-state index is -0.627. The van der Waals surface area contributed by atoms with E-state index in [2.05, 4.69) is 31.3 Å². The molecule has 0 aliphatic carbocycles. The summed E-state index contributed by atoms with van der Waals surface area (Å²) in [6, 6.07) is 11.4.